The Kier molecular flexibility index (Phi) is 12.5. The van der Waals surface area contributed by atoms with E-state index in [0.29, 0.717) is 30.5 Å². The van der Waals surface area contributed by atoms with Gasteiger partial charge in [-0.2, -0.15) is 0 Å². The van der Waals surface area contributed by atoms with Gasteiger partial charge in [-0.15, -0.1) is 0 Å². The number of rotatable bonds is 5. The van der Waals surface area contributed by atoms with Crippen molar-refractivity contribution in [3.05, 3.63) is 69.2 Å². The van der Waals surface area contributed by atoms with E-state index in [1.807, 2.05) is 0 Å². The van der Waals surface area contributed by atoms with Crippen LogP contribution < -0.4 is 0 Å². The topological polar surface area (TPSA) is 71.4 Å². The zero-order valence-corrected chi connectivity index (χ0v) is 23.0. The van der Waals surface area contributed by atoms with Gasteiger partial charge in [-0.05, 0) is 80.3 Å². The molecule has 1 N–H and O–H groups in total. The molecule has 2 aliphatic carbocycles. The molecule has 196 valence electrons. The predicted octanol–water partition coefficient (Wildman–Crippen LogP) is 7.84. The van der Waals surface area contributed by atoms with E-state index >= 15 is 0 Å². The quantitative estimate of drug-likeness (QED) is 0.352. The summed E-state index contributed by atoms with van der Waals surface area (Å²) in [5, 5.41) is 9.92. The molecule has 4 nitrogen and oxygen atoms in total. The summed E-state index contributed by atoms with van der Waals surface area (Å²) in [6.07, 6.45) is 5.06. The lowest BCUT2D eigenvalue weighted by atomic mass is 9.97. The minimum atomic E-state index is -0.704. The third-order valence-corrected chi connectivity index (χ3v) is 7.58. The summed E-state index contributed by atoms with van der Waals surface area (Å²) in [6.45, 7) is 1.56. The Bertz CT molecular complexity index is 1080. The van der Waals surface area contributed by atoms with Crippen molar-refractivity contribution in [2.24, 2.45) is 17.8 Å². The second-order valence-electron chi connectivity index (χ2n) is 9.14. The van der Waals surface area contributed by atoms with Gasteiger partial charge in [0, 0.05) is 24.1 Å². The number of benzene rings is 2. The number of halogens is 5. The zero-order chi connectivity index (χ0) is 26.8. The molecule has 0 spiro atoms. The summed E-state index contributed by atoms with van der Waals surface area (Å²) in [6, 6.07) is 9.36. The average molecular weight is 606 g/mol. The normalized spacial score (nSPS) is 20.7. The number of carboxylic acids is 1. The molecule has 0 radical (unpaired) electrons. The Labute approximate surface area is 228 Å². The second-order valence-corrected chi connectivity index (χ2v) is 10.5. The summed E-state index contributed by atoms with van der Waals surface area (Å²) >= 11 is 14.4. The number of hydrogen-bond acceptors (Lipinski definition) is 3. The number of Topliss-reactive ketones (excluding diaryl/α,β-unsaturated/α-hetero) is 2. The molecule has 0 bridgehead atoms. The van der Waals surface area contributed by atoms with E-state index < -0.39 is 11.8 Å². The van der Waals surface area contributed by atoms with Crippen molar-refractivity contribution in [1.82, 2.24) is 0 Å². The molecule has 2 saturated carbocycles. The first-order valence-corrected chi connectivity index (χ1v) is 13.6. The first kappa shape index (κ1) is 30.4. The number of carboxylic acid groups (broad SMARTS) is 1. The summed E-state index contributed by atoms with van der Waals surface area (Å²) in [7, 11) is 0. The molecule has 0 amide bonds. The molecule has 4 rings (SSSR count). The first-order valence-electron chi connectivity index (χ1n) is 11.7. The molecule has 3 atom stereocenters. The lowest BCUT2D eigenvalue weighted by molar-refractivity contribution is -0.141. The van der Waals surface area contributed by atoms with E-state index in [0.717, 1.165) is 36.8 Å². The number of carbonyl (C=O) groups excluding carboxylic acids is 2. The zero-order valence-electron chi connectivity index (χ0n) is 19.9. The molecule has 9 heteroatoms. The molecule has 2 fully saturated rings. The fourth-order valence-electron chi connectivity index (χ4n) is 4.27. The molecule has 2 aromatic carbocycles. The van der Waals surface area contributed by atoms with Gasteiger partial charge in [0.15, 0.2) is 0 Å². The highest BCUT2D eigenvalue weighted by Crippen LogP contribution is 2.34. The maximum atomic E-state index is 13.0. The van der Waals surface area contributed by atoms with E-state index in [-0.39, 0.29) is 39.3 Å². The van der Waals surface area contributed by atoms with Gasteiger partial charge in [-0.3, -0.25) is 14.4 Å². The number of aliphatic carboxylic acids is 1. The summed E-state index contributed by atoms with van der Waals surface area (Å²) < 4.78 is 25.5. The molecular weight excluding hydrogens is 577 g/mol. The van der Waals surface area contributed by atoms with Crippen LogP contribution in [0, 0.1) is 29.4 Å². The Morgan fingerprint density at radius 1 is 0.972 bits per heavy atom. The van der Waals surface area contributed by atoms with Gasteiger partial charge < -0.3 is 5.11 Å². The molecular formula is C27H29BrCl2F2O4. The van der Waals surface area contributed by atoms with Gasteiger partial charge >= 0.3 is 5.97 Å². The fraction of sp³-hybridized carbons (Fsp3) is 0.444. The van der Waals surface area contributed by atoms with Crippen LogP contribution in [-0.4, -0.2) is 22.6 Å². The number of hydrogen-bond donors (Lipinski definition) is 1. The van der Waals surface area contributed by atoms with Crippen molar-refractivity contribution in [3.8, 4) is 0 Å². The van der Waals surface area contributed by atoms with E-state index in [4.69, 9.17) is 28.3 Å². The van der Waals surface area contributed by atoms with Crippen LogP contribution in [-0.2, 0) is 26.1 Å². The van der Waals surface area contributed by atoms with Crippen LogP contribution in [0.15, 0.2) is 36.4 Å². The molecule has 2 aromatic rings. The SMILES string of the molecule is CC(=O)[C@H]1CCC(=O)C1.Fc1ccc(CBr)cc1Cl.O=C(O)[C@@H]1CC[C@@H](Cc2ccc(F)c(Cl)c2)C1. The van der Waals surface area contributed by atoms with Gasteiger partial charge in [0.2, 0.25) is 0 Å². The predicted molar refractivity (Wildman–Crippen MR) is 141 cm³/mol. The largest absolute Gasteiger partial charge is 0.481 e. The Balaban J connectivity index is 0.000000205. The average Bonchev–Trinajstić information content (AvgIpc) is 3.48. The molecule has 0 aromatic heterocycles. The Hall–Kier alpha value is -1.83. The molecule has 0 unspecified atom stereocenters. The summed E-state index contributed by atoms with van der Waals surface area (Å²) in [4.78, 5) is 32.1. The Morgan fingerprint density at radius 2 is 1.56 bits per heavy atom. The van der Waals surface area contributed by atoms with E-state index in [2.05, 4.69) is 15.9 Å². The standard InChI is InChI=1S/C13H14ClFO2.C7H5BrClF.C7H10O2/c14-11-7-9(2-4-12(11)15)5-8-1-3-10(6-8)13(16)17;8-4-5-1-2-7(10)6(9)3-5;1-5(8)6-2-3-7(9)4-6/h2,4,7-8,10H,1,3,5-6H2,(H,16,17);1-3H,4H2;6H,2-4H2,1H3/t8-,10+;;6-/m0.0/s1. The maximum absolute atomic E-state index is 13.0. The maximum Gasteiger partial charge on any atom is 0.306 e. The van der Waals surface area contributed by atoms with E-state index in [9.17, 15) is 23.2 Å². The van der Waals surface area contributed by atoms with Crippen molar-refractivity contribution < 1.29 is 28.3 Å². The van der Waals surface area contributed by atoms with Gasteiger partial charge in [0.1, 0.15) is 23.2 Å². The van der Waals surface area contributed by atoms with Crippen molar-refractivity contribution in [2.45, 2.75) is 57.2 Å². The van der Waals surface area contributed by atoms with Crippen molar-refractivity contribution in [1.29, 1.82) is 0 Å². The fourth-order valence-corrected chi connectivity index (χ4v) is 5.02. The molecule has 0 saturated heterocycles. The lowest BCUT2D eigenvalue weighted by Crippen LogP contribution is -2.10. The third-order valence-electron chi connectivity index (χ3n) is 6.36. The van der Waals surface area contributed by atoms with Crippen molar-refractivity contribution in [3.63, 3.8) is 0 Å². The van der Waals surface area contributed by atoms with Gasteiger partial charge in [-0.1, -0.05) is 51.3 Å². The molecule has 0 aliphatic heterocycles. The third kappa shape index (κ3) is 9.91. The molecule has 36 heavy (non-hydrogen) atoms. The molecule has 0 heterocycles. The highest BCUT2D eigenvalue weighted by atomic mass is 79.9. The van der Waals surface area contributed by atoms with Gasteiger partial charge in [0.25, 0.3) is 0 Å². The van der Waals surface area contributed by atoms with Crippen LogP contribution in [0.4, 0.5) is 8.78 Å². The van der Waals surface area contributed by atoms with Gasteiger partial charge in [-0.25, -0.2) is 8.78 Å². The summed E-state index contributed by atoms with van der Waals surface area (Å²) in [5.74, 6) is -0.858. The smallest absolute Gasteiger partial charge is 0.306 e. The van der Waals surface area contributed by atoms with Crippen LogP contribution in [0.2, 0.25) is 10.0 Å². The van der Waals surface area contributed by atoms with Crippen LogP contribution in [0.3, 0.4) is 0 Å². The van der Waals surface area contributed by atoms with Crippen LogP contribution in [0.1, 0.15) is 56.6 Å². The first-order chi connectivity index (χ1) is 17.0. The highest BCUT2D eigenvalue weighted by molar-refractivity contribution is 9.08. The molecule has 2 aliphatic rings. The van der Waals surface area contributed by atoms with Crippen LogP contribution >= 0.6 is 39.1 Å². The lowest BCUT2D eigenvalue weighted by Gasteiger charge is -2.10. The number of carbonyl (C=O) groups is 3. The second kappa shape index (κ2) is 14.8. The van der Waals surface area contributed by atoms with E-state index in [1.54, 1.807) is 31.2 Å². The van der Waals surface area contributed by atoms with Crippen LogP contribution in [0.5, 0.6) is 0 Å². The highest BCUT2D eigenvalue weighted by Gasteiger charge is 2.29. The number of ketones is 2. The summed E-state index contributed by atoms with van der Waals surface area (Å²) in [5.41, 5.74) is 1.96. The van der Waals surface area contributed by atoms with Crippen molar-refractivity contribution >= 4 is 56.7 Å². The minimum absolute atomic E-state index is 0.0532. The van der Waals surface area contributed by atoms with Gasteiger partial charge in [0.05, 0.1) is 16.0 Å². The number of alkyl halides is 1. The van der Waals surface area contributed by atoms with E-state index in [1.165, 1.54) is 12.1 Å². The monoisotopic (exact) mass is 604 g/mol. The Morgan fingerprint density at radius 3 is 1.97 bits per heavy atom. The van der Waals surface area contributed by atoms with Crippen LogP contribution in [0.25, 0.3) is 0 Å². The minimum Gasteiger partial charge on any atom is -0.481 e. The van der Waals surface area contributed by atoms with Crippen molar-refractivity contribution in [2.75, 3.05) is 0 Å².